The minimum Gasteiger partial charge on any atom is -0.374 e. The van der Waals surface area contributed by atoms with Gasteiger partial charge in [0.25, 0.3) is 0 Å². The molecule has 3 N–H and O–H groups in total. The number of hydrogen-bond donors (Lipinski definition) is 2. The van der Waals surface area contributed by atoms with Gasteiger partial charge >= 0.3 is 0 Å². The van der Waals surface area contributed by atoms with Gasteiger partial charge < -0.3 is 20.7 Å². The van der Waals surface area contributed by atoms with Gasteiger partial charge in [-0.15, -0.1) is 0 Å². The summed E-state index contributed by atoms with van der Waals surface area (Å²) in [4.78, 5) is 13.9. The molecule has 0 saturated carbocycles. The van der Waals surface area contributed by atoms with Gasteiger partial charge in [-0.1, -0.05) is 19.8 Å². The van der Waals surface area contributed by atoms with Crippen LogP contribution in [0.15, 0.2) is 0 Å². The molecule has 0 aromatic carbocycles. The van der Waals surface area contributed by atoms with Crippen LogP contribution < -0.4 is 11.1 Å². The number of carbonyl (C=O) groups is 1. The van der Waals surface area contributed by atoms with Crippen molar-refractivity contribution in [2.45, 2.75) is 38.3 Å². The maximum atomic E-state index is 11.7. The van der Waals surface area contributed by atoms with E-state index in [1.54, 1.807) is 0 Å². The predicted octanol–water partition coefficient (Wildman–Crippen LogP) is -0.0493. The Morgan fingerprint density at radius 3 is 3.06 bits per heavy atom. The van der Waals surface area contributed by atoms with Crippen molar-refractivity contribution in [1.29, 1.82) is 0 Å². The van der Waals surface area contributed by atoms with E-state index in [0.717, 1.165) is 39.0 Å². The van der Waals surface area contributed by atoms with Gasteiger partial charge in [-0.25, -0.2) is 0 Å². The molecule has 5 heteroatoms. The Morgan fingerprint density at radius 2 is 2.41 bits per heavy atom. The van der Waals surface area contributed by atoms with Crippen LogP contribution in [0.4, 0.5) is 0 Å². The zero-order valence-electron chi connectivity index (χ0n) is 10.9. The van der Waals surface area contributed by atoms with E-state index in [2.05, 4.69) is 24.2 Å². The van der Waals surface area contributed by atoms with Crippen LogP contribution in [0.5, 0.6) is 0 Å². The first-order valence-electron chi connectivity index (χ1n) is 6.47. The second kappa shape index (κ2) is 7.63. The lowest BCUT2D eigenvalue weighted by Gasteiger charge is -2.30. The number of ether oxygens (including phenoxy) is 1. The summed E-state index contributed by atoms with van der Waals surface area (Å²) < 4.78 is 5.56. The van der Waals surface area contributed by atoms with E-state index in [0.29, 0.717) is 6.54 Å². The lowest BCUT2D eigenvalue weighted by Crippen LogP contribution is -2.49. The first kappa shape index (κ1) is 14.4. The van der Waals surface area contributed by atoms with Gasteiger partial charge in [0.1, 0.15) is 0 Å². The summed E-state index contributed by atoms with van der Waals surface area (Å²) in [5, 5.41) is 2.87. The Balaban J connectivity index is 2.18. The minimum absolute atomic E-state index is 0.0599. The number of nitrogens with two attached hydrogens (primary N) is 1. The summed E-state index contributed by atoms with van der Waals surface area (Å²) in [6, 6.07) is -0.378. The van der Waals surface area contributed by atoms with E-state index in [1.165, 1.54) is 0 Å². The number of likely N-dealkylation sites (N-methyl/N-ethyl adjacent to an activating group) is 1. The highest BCUT2D eigenvalue weighted by Gasteiger charge is 2.19. The molecule has 0 spiro atoms. The third-order valence-corrected chi connectivity index (χ3v) is 3.05. The van der Waals surface area contributed by atoms with Crippen molar-refractivity contribution in [3.8, 4) is 0 Å². The van der Waals surface area contributed by atoms with E-state index >= 15 is 0 Å². The van der Waals surface area contributed by atoms with Gasteiger partial charge in [-0.2, -0.15) is 0 Å². The molecule has 0 bridgehead atoms. The van der Waals surface area contributed by atoms with Crippen LogP contribution in [-0.4, -0.2) is 56.2 Å². The van der Waals surface area contributed by atoms with E-state index < -0.39 is 0 Å². The Morgan fingerprint density at radius 1 is 1.65 bits per heavy atom. The van der Waals surface area contributed by atoms with Gasteiger partial charge in [0.05, 0.1) is 18.8 Å². The van der Waals surface area contributed by atoms with Crippen LogP contribution in [0, 0.1) is 0 Å². The van der Waals surface area contributed by atoms with E-state index in [1.807, 2.05) is 0 Å². The number of hydrogen-bond acceptors (Lipinski definition) is 4. The number of carbonyl (C=O) groups excluding carboxylic acids is 1. The SMILES string of the molecule is CCCC[C@H](N)C(=O)NCC1CN(C)CCO1. The average Bonchev–Trinajstić information content (AvgIpc) is 2.33. The average molecular weight is 243 g/mol. The van der Waals surface area contributed by atoms with E-state index in [4.69, 9.17) is 10.5 Å². The molecule has 1 amide bonds. The molecule has 1 unspecified atom stereocenters. The molecule has 0 radical (unpaired) electrons. The van der Waals surface area contributed by atoms with Crippen molar-refractivity contribution in [2.24, 2.45) is 5.73 Å². The third kappa shape index (κ3) is 5.48. The highest BCUT2D eigenvalue weighted by Crippen LogP contribution is 2.02. The monoisotopic (exact) mass is 243 g/mol. The topological polar surface area (TPSA) is 67.6 Å². The predicted molar refractivity (Wildman–Crippen MR) is 67.7 cm³/mol. The summed E-state index contributed by atoms with van der Waals surface area (Å²) in [7, 11) is 2.06. The second-order valence-corrected chi connectivity index (χ2v) is 4.75. The van der Waals surface area contributed by atoms with Crippen molar-refractivity contribution in [3.05, 3.63) is 0 Å². The van der Waals surface area contributed by atoms with Crippen LogP contribution in [-0.2, 0) is 9.53 Å². The molecule has 1 saturated heterocycles. The molecule has 0 aromatic heterocycles. The summed E-state index contributed by atoms with van der Waals surface area (Å²) in [5.74, 6) is -0.0599. The van der Waals surface area contributed by atoms with Crippen molar-refractivity contribution < 1.29 is 9.53 Å². The van der Waals surface area contributed by atoms with Crippen molar-refractivity contribution in [2.75, 3.05) is 33.3 Å². The first-order valence-corrected chi connectivity index (χ1v) is 6.47. The maximum absolute atomic E-state index is 11.7. The minimum atomic E-state index is -0.378. The van der Waals surface area contributed by atoms with Crippen LogP contribution in [0.1, 0.15) is 26.2 Å². The second-order valence-electron chi connectivity index (χ2n) is 4.75. The molecule has 1 aliphatic heterocycles. The molecule has 100 valence electrons. The molecule has 0 aromatic rings. The number of rotatable bonds is 6. The Bertz CT molecular complexity index is 236. The molecule has 17 heavy (non-hydrogen) atoms. The fourth-order valence-electron chi connectivity index (χ4n) is 1.89. The maximum Gasteiger partial charge on any atom is 0.237 e. The molecule has 1 heterocycles. The molecular weight excluding hydrogens is 218 g/mol. The van der Waals surface area contributed by atoms with Gasteiger partial charge in [-0.05, 0) is 13.5 Å². The zero-order chi connectivity index (χ0) is 12.7. The summed E-state index contributed by atoms with van der Waals surface area (Å²) in [6.07, 6.45) is 2.92. The normalized spacial score (nSPS) is 23.4. The summed E-state index contributed by atoms with van der Waals surface area (Å²) >= 11 is 0. The largest absolute Gasteiger partial charge is 0.374 e. The fourth-order valence-corrected chi connectivity index (χ4v) is 1.89. The third-order valence-electron chi connectivity index (χ3n) is 3.05. The van der Waals surface area contributed by atoms with Gasteiger partial charge in [-0.3, -0.25) is 4.79 Å². The van der Waals surface area contributed by atoms with Crippen molar-refractivity contribution >= 4 is 5.91 Å². The molecule has 1 rings (SSSR count). The summed E-state index contributed by atoms with van der Waals surface area (Å²) in [6.45, 7) is 5.21. The number of nitrogens with one attached hydrogen (secondary N) is 1. The lowest BCUT2D eigenvalue weighted by molar-refractivity contribution is -0.123. The Kier molecular flexibility index (Phi) is 6.47. The summed E-state index contributed by atoms with van der Waals surface area (Å²) in [5.41, 5.74) is 5.78. The van der Waals surface area contributed by atoms with E-state index in [-0.39, 0.29) is 18.1 Å². The van der Waals surface area contributed by atoms with Crippen molar-refractivity contribution in [1.82, 2.24) is 10.2 Å². The van der Waals surface area contributed by atoms with Gasteiger partial charge in [0.15, 0.2) is 0 Å². The standard InChI is InChI=1S/C12H25N3O2/c1-3-4-5-11(13)12(16)14-8-10-9-15(2)6-7-17-10/h10-11H,3-9,13H2,1-2H3,(H,14,16)/t10?,11-/m0/s1. The molecule has 2 atom stereocenters. The molecule has 1 aliphatic rings. The fraction of sp³-hybridized carbons (Fsp3) is 0.917. The highest BCUT2D eigenvalue weighted by atomic mass is 16.5. The lowest BCUT2D eigenvalue weighted by atomic mass is 10.1. The quantitative estimate of drug-likeness (QED) is 0.686. The number of unbranched alkanes of at least 4 members (excludes halogenated alkanes) is 1. The van der Waals surface area contributed by atoms with Crippen molar-refractivity contribution in [3.63, 3.8) is 0 Å². The van der Waals surface area contributed by atoms with E-state index in [9.17, 15) is 4.79 Å². The van der Waals surface area contributed by atoms with Crippen LogP contribution in [0.3, 0.4) is 0 Å². The Hall–Kier alpha value is -0.650. The molecule has 5 nitrogen and oxygen atoms in total. The van der Waals surface area contributed by atoms with Crippen LogP contribution >= 0.6 is 0 Å². The van der Waals surface area contributed by atoms with Crippen LogP contribution in [0.25, 0.3) is 0 Å². The molecular formula is C12H25N3O2. The number of amides is 1. The first-order chi connectivity index (χ1) is 8.13. The Labute approximate surface area is 104 Å². The number of morpholine rings is 1. The van der Waals surface area contributed by atoms with Gasteiger partial charge in [0, 0.05) is 19.6 Å². The smallest absolute Gasteiger partial charge is 0.237 e. The van der Waals surface area contributed by atoms with Crippen LogP contribution in [0.2, 0.25) is 0 Å². The molecule has 0 aliphatic carbocycles. The van der Waals surface area contributed by atoms with Gasteiger partial charge in [0.2, 0.25) is 5.91 Å². The number of nitrogens with zero attached hydrogens (tertiary/aromatic N) is 1. The molecule has 1 fully saturated rings. The zero-order valence-corrected chi connectivity index (χ0v) is 10.9. The highest BCUT2D eigenvalue weighted by molar-refractivity contribution is 5.81.